The van der Waals surface area contributed by atoms with Gasteiger partial charge in [0.05, 0.1) is 7.11 Å². The van der Waals surface area contributed by atoms with Gasteiger partial charge in [-0.05, 0) is 39.8 Å². The van der Waals surface area contributed by atoms with Crippen molar-refractivity contribution in [1.29, 1.82) is 0 Å². The van der Waals surface area contributed by atoms with Gasteiger partial charge in [0.15, 0.2) is 17.1 Å². The van der Waals surface area contributed by atoms with Crippen LogP contribution in [0.1, 0.15) is 33.5 Å². The van der Waals surface area contributed by atoms with Crippen molar-refractivity contribution in [3.63, 3.8) is 0 Å². The van der Waals surface area contributed by atoms with E-state index in [1.807, 2.05) is 45.0 Å². The van der Waals surface area contributed by atoms with Crippen LogP contribution < -0.4 is 4.74 Å². The minimum atomic E-state index is -1.30. The zero-order valence-electron chi connectivity index (χ0n) is 12.4. The van der Waals surface area contributed by atoms with Crippen LogP contribution in [0.3, 0.4) is 0 Å². The van der Waals surface area contributed by atoms with Gasteiger partial charge in [-0.2, -0.15) is 0 Å². The van der Waals surface area contributed by atoms with Gasteiger partial charge in [0.1, 0.15) is 21.8 Å². The van der Waals surface area contributed by atoms with Crippen molar-refractivity contribution in [3.8, 4) is 5.75 Å². The SMILES string of the molecule is COc1cccc2cc(C(C)=N[S@+]([O-])C(C)(C)C)oc12. The molecular weight excluding hydrogens is 274 g/mol. The maximum Gasteiger partial charge on any atom is 0.176 e. The summed E-state index contributed by atoms with van der Waals surface area (Å²) in [4.78, 5) is 0. The lowest BCUT2D eigenvalue weighted by Crippen LogP contribution is -2.26. The molecule has 0 bridgehead atoms. The van der Waals surface area contributed by atoms with Gasteiger partial charge < -0.3 is 13.7 Å². The lowest BCUT2D eigenvalue weighted by atomic mass is 10.2. The highest BCUT2D eigenvalue weighted by atomic mass is 32.2. The molecule has 2 aromatic rings. The van der Waals surface area contributed by atoms with Crippen molar-refractivity contribution in [3.05, 3.63) is 30.0 Å². The molecule has 0 saturated heterocycles. The van der Waals surface area contributed by atoms with Crippen LogP contribution in [0.5, 0.6) is 5.75 Å². The third kappa shape index (κ3) is 2.99. The fourth-order valence-corrected chi connectivity index (χ4v) is 2.29. The highest BCUT2D eigenvalue weighted by molar-refractivity contribution is 7.91. The van der Waals surface area contributed by atoms with E-state index in [-0.39, 0.29) is 4.75 Å². The third-order valence-electron chi connectivity index (χ3n) is 2.83. The molecule has 0 unspecified atom stereocenters. The molecule has 0 amide bonds. The molecule has 20 heavy (non-hydrogen) atoms. The molecule has 2 rings (SSSR count). The van der Waals surface area contributed by atoms with E-state index < -0.39 is 11.4 Å². The van der Waals surface area contributed by atoms with Gasteiger partial charge in [0.2, 0.25) is 0 Å². The van der Waals surface area contributed by atoms with Crippen LogP contribution in [0, 0.1) is 0 Å². The first-order chi connectivity index (χ1) is 9.32. The van der Waals surface area contributed by atoms with E-state index in [0.717, 1.165) is 5.39 Å². The lowest BCUT2D eigenvalue weighted by molar-refractivity contribution is 0.410. The summed E-state index contributed by atoms with van der Waals surface area (Å²) < 4.78 is 26.9. The quantitative estimate of drug-likeness (QED) is 0.640. The van der Waals surface area contributed by atoms with Gasteiger partial charge in [0.25, 0.3) is 0 Å². The average molecular weight is 293 g/mol. The second kappa shape index (κ2) is 5.50. The minimum Gasteiger partial charge on any atom is -0.591 e. The van der Waals surface area contributed by atoms with E-state index in [9.17, 15) is 4.55 Å². The molecule has 0 spiro atoms. The number of rotatable bonds is 3. The molecular formula is C15H19NO3S. The molecule has 1 aromatic heterocycles. The van der Waals surface area contributed by atoms with Crippen LogP contribution in [0.4, 0.5) is 0 Å². The largest absolute Gasteiger partial charge is 0.591 e. The van der Waals surface area contributed by atoms with E-state index in [0.29, 0.717) is 22.8 Å². The van der Waals surface area contributed by atoms with Gasteiger partial charge in [-0.15, -0.1) is 0 Å². The summed E-state index contributed by atoms with van der Waals surface area (Å²) in [7, 11) is 1.60. The summed E-state index contributed by atoms with van der Waals surface area (Å²) in [5, 5.41) is 0.940. The molecule has 0 aliphatic heterocycles. The average Bonchev–Trinajstić information content (AvgIpc) is 2.81. The Bertz CT molecular complexity index is 640. The molecule has 1 atom stereocenters. The fourth-order valence-electron chi connectivity index (χ4n) is 1.68. The van der Waals surface area contributed by atoms with Gasteiger partial charge in [-0.1, -0.05) is 16.5 Å². The van der Waals surface area contributed by atoms with E-state index >= 15 is 0 Å². The van der Waals surface area contributed by atoms with E-state index in [2.05, 4.69) is 4.40 Å². The Balaban J connectivity index is 2.41. The fraction of sp³-hybridized carbons (Fsp3) is 0.400. The number of fused-ring (bicyclic) bond motifs is 1. The minimum absolute atomic E-state index is 0.384. The van der Waals surface area contributed by atoms with Crippen LogP contribution in [-0.2, 0) is 11.4 Å². The van der Waals surface area contributed by atoms with E-state index in [1.54, 1.807) is 14.0 Å². The maximum absolute atomic E-state index is 12.0. The number of para-hydroxylation sites is 1. The highest BCUT2D eigenvalue weighted by Crippen LogP contribution is 2.29. The Kier molecular flexibility index (Phi) is 4.11. The van der Waals surface area contributed by atoms with Crippen molar-refractivity contribution < 1.29 is 13.7 Å². The zero-order valence-corrected chi connectivity index (χ0v) is 13.2. The van der Waals surface area contributed by atoms with Gasteiger partial charge in [0, 0.05) is 5.39 Å². The first-order valence-corrected chi connectivity index (χ1v) is 7.48. The van der Waals surface area contributed by atoms with Crippen molar-refractivity contribution >= 4 is 28.0 Å². The van der Waals surface area contributed by atoms with Crippen molar-refractivity contribution in [2.24, 2.45) is 4.40 Å². The Labute approximate surface area is 122 Å². The van der Waals surface area contributed by atoms with Gasteiger partial charge in [-0.3, -0.25) is 0 Å². The van der Waals surface area contributed by atoms with Crippen LogP contribution in [0.25, 0.3) is 11.0 Å². The number of methoxy groups -OCH3 is 1. The molecule has 4 nitrogen and oxygen atoms in total. The van der Waals surface area contributed by atoms with Crippen LogP contribution in [0.15, 0.2) is 33.1 Å². The van der Waals surface area contributed by atoms with E-state index in [4.69, 9.17) is 9.15 Å². The molecule has 5 heteroatoms. The number of benzene rings is 1. The summed E-state index contributed by atoms with van der Waals surface area (Å²) in [5.41, 5.74) is 1.30. The number of hydrogen-bond donors (Lipinski definition) is 0. The maximum atomic E-state index is 12.0. The standard InChI is InChI=1S/C15H19NO3S/c1-10(16-20(17)15(2,3)4)13-9-11-7-6-8-12(18-5)14(11)19-13/h6-9H,1-5H3/t20-/m1/s1. The van der Waals surface area contributed by atoms with Crippen LogP contribution in [-0.4, -0.2) is 22.1 Å². The normalized spacial score (nSPS) is 14.6. The summed E-state index contributed by atoms with van der Waals surface area (Å²) in [5.74, 6) is 1.29. The Morgan fingerprint density at radius 3 is 2.65 bits per heavy atom. The first kappa shape index (κ1) is 14.9. The predicted octanol–water partition coefficient (Wildman–Crippen LogP) is 3.71. The zero-order chi connectivity index (χ0) is 14.9. The van der Waals surface area contributed by atoms with Crippen molar-refractivity contribution in [2.45, 2.75) is 32.4 Å². The predicted molar refractivity (Wildman–Crippen MR) is 82.9 cm³/mol. The molecule has 0 aliphatic rings. The molecule has 108 valence electrons. The third-order valence-corrected chi connectivity index (χ3v) is 4.32. The molecule has 1 aromatic carbocycles. The van der Waals surface area contributed by atoms with Crippen molar-refractivity contribution in [1.82, 2.24) is 0 Å². The second-order valence-corrected chi connectivity index (χ2v) is 7.43. The van der Waals surface area contributed by atoms with Gasteiger partial charge in [-0.25, -0.2) is 0 Å². The van der Waals surface area contributed by atoms with Crippen LogP contribution in [0.2, 0.25) is 0 Å². The van der Waals surface area contributed by atoms with Crippen molar-refractivity contribution in [2.75, 3.05) is 7.11 Å². The number of furan rings is 1. The number of nitrogens with zero attached hydrogens (tertiary/aromatic N) is 1. The molecule has 1 heterocycles. The summed E-state index contributed by atoms with van der Waals surface area (Å²) in [6, 6.07) is 7.57. The number of ether oxygens (including phenoxy) is 1. The van der Waals surface area contributed by atoms with Crippen LogP contribution >= 0.6 is 0 Å². The monoisotopic (exact) mass is 293 g/mol. The topological polar surface area (TPSA) is 57.8 Å². The summed E-state index contributed by atoms with van der Waals surface area (Å²) in [6.45, 7) is 7.47. The smallest absolute Gasteiger partial charge is 0.176 e. The molecule has 0 aliphatic carbocycles. The molecule has 0 saturated carbocycles. The Morgan fingerprint density at radius 2 is 2.05 bits per heavy atom. The Hall–Kier alpha value is -1.46. The van der Waals surface area contributed by atoms with Gasteiger partial charge >= 0.3 is 0 Å². The summed E-state index contributed by atoms with van der Waals surface area (Å²) >= 11 is -1.30. The molecule has 0 fully saturated rings. The lowest BCUT2D eigenvalue weighted by Gasteiger charge is -2.18. The number of hydrogen-bond acceptors (Lipinski definition) is 4. The molecule has 0 N–H and O–H groups in total. The highest BCUT2D eigenvalue weighted by Gasteiger charge is 2.27. The summed E-state index contributed by atoms with van der Waals surface area (Å²) in [6.07, 6.45) is 0. The first-order valence-electron chi connectivity index (χ1n) is 6.37. The Morgan fingerprint density at radius 1 is 1.35 bits per heavy atom. The second-order valence-electron chi connectivity index (χ2n) is 5.53. The molecule has 0 radical (unpaired) electrons. The van der Waals surface area contributed by atoms with E-state index in [1.165, 1.54) is 0 Å².